The average molecular weight is 532 g/mol. The van der Waals surface area contributed by atoms with E-state index in [1.807, 2.05) is 0 Å². The Hall–Kier alpha value is -3.17. The van der Waals surface area contributed by atoms with Gasteiger partial charge in [0.15, 0.2) is 0 Å². The molecule has 3 aromatic rings. The lowest BCUT2D eigenvalue weighted by Crippen LogP contribution is -2.17. The van der Waals surface area contributed by atoms with Crippen molar-refractivity contribution in [3.05, 3.63) is 86.3 Å². The lowest BCUT2D eigenvalue weighted by Gasteiger charge is -2.04. The van der Waals surface area contributed by atoms with Gasteiger partial charge < -0.3 is 10.2 Å². The van der Waals surface area contributed by atoms with Gasteiger partial charge in [0.25, 0.3) is 5.91 Å². The summed E-state index contributed by atoms with van der Waals surface area (Å²) in [5, 5.41) is 27.6. The van der Waals surface area contributed by atoms with Crippen molar-refractivity contribution in [1.82, 2.24) is 5.43 Å². The van der Waals surface area contributed by atoms with Crippen LogP contribution in [0.1, 0.15) is 21.5 Å². The first-order valence-electron chi connectivity index (χ1n) is 8.62. The maximum absolute atomic E-state index is 12.3. The highest BCUT2D eigenvalue weighted by molar-refractivity contribution is 9.10. The number of benzene rings is 3. The highest BCUT2D eigenvalue weighted by Gasteiger charge is 2.06. The molecule has 9 heteroatoms. The molecule has 4 N–H and O–H groups in total. The fourth-order valence-electron chi connectivity index (χ4n) is 2.39. The van der Waals surface area contributed by atoms with Crippen molar-refractivity contribution in [3.63, 3.8) is 0 Å². The molecule has 0 saturated heterocycles. The molecule has 0 unspecified atom stereocenters. The van der Waals surface area contributed by atoms with Crippen LogP contribution in [-0.2, 0) is 0 Å². The zero-order valence-corrected chi connectivity index (χ0v) is 18.6. The Morgan fingerprint density at radius 2 is 1.43 bits per heavy atom. The Morgan fingerprint density at radius 3 is 2.07 bits per heavy atom. The van der Waals surface area contributed by atoms with E-state index in [2.05, 4.69) is 52.9 Å². The van der Waals surface area contributed by atoms with Gasteiger partial charge in [0.1, 0.15) is 11.5 Å². The molecule has 0 aliphatic carbocycles. The van der Waals surface area contributed by atoms with Gasteiger partial charge in [0.05, 0.1) is 18.1 Å². The second-order valence-electron chi connectivity index (χ2n) is 6.06. The summed E-state index contributed by atoms with van der Waals surface area (Å²) >= 11 is 6.65. The van der Waals surface area contributed by atoms with Crippen LogP contribution in [0.25, 0.3) is 0 Å². The molecule has 0 fully saturated rings. The van der Waals surface area contributed by atoms with Crippen LogP contribution in [0, 0.1) is 0 Å². The van der Waals surface area contributed by atoms with Crippen LogP contribution in [0.5, 0.6) is 11.5 Å². The number of phenols is 2. The molecule has 0 aliphatic rings. The largest absolute Gasteiger partial charge is 0.507 e. The third kappa shape index (κ3) is 5.91. The Balaban J connectivity index is 1.63. The molecule has 0 aromatic heterocycles. The second kappa shape index (κ2) is 10.0. The fourth-order valence-corrected chi connectivity index (χ4v) is 3.15. The van der Waals surface area contributed by atoms with Crippen molar-refractivity contribution in [2.75, 3.05) is 5.43 Å². The third-order valence-electron chi connectivity index (χ3n) is 3.87. The lowest BCUT2D eigenvalue weighted by atomic mass is 10.2. The zero-order chi connectivity index (χ0) is 21.5. The molecule has 1 amide bonds. The van der Waals surface area contributed by atoms with Gasteiger partial charge in [-0.1, -0.05) is 37.9 Å². The summed E-state index contributed by atoms with van der Waals surface area (Å²) in [6.45, 7) is 0. The van der Waals surface area contributed by atoms with Crippen LogP contribution in [0.4, 0.5) is 5.69 Å². The van der Waals surface area contributed by atoms with Gasteiger partial charge >= 0.3 is 0 Å². The Kier molecular flexibility index (Phi) is 7.21. The van der Waals surface area contributed by atoms with Crippen LogP contribution in [0.2, 0.25) is 0 Å². The molecule has 0 radical (unpaired) electrons. The quantitative estimate of drug-likeness (QED) is 0.270. The van der Waals surface area contributed by atoms with Crippen molar-refractivity contribution in [2.24, 2.45) is 10.2 Å². The predicted octanol–water partition coefficient (Wildman–Crippen LogP) is 4.83. The third-order valence-corrected chi connectivity index (χ3v) is 4.86. The summed E-state index contributed by atoms with van der Waals surface area (Å²) in [4.78, 5) is 12.3. The van der Waals surface area contributed by atoms with Crippen molar-refractivity contribution in [2.45, 2.75) is 0 Å². The summed E-state index contributed by atoms with van der Waals surface area (Å²) in [5.41, 5.74) is 7.19. The minimum atomic E-state index is -0.419. The average Bonchev–Trinajstić information content (AvgIpc) is 2.73. The molecule has 0 atom stereocenters. The topological polar surface area (TPSA) is 106 Å². The maximum atomic E-state index is 12.3. The van der Waals surface area contributed by atoms with Crippen LogP contribution < -0.4 is 10.9 Å². The van der Waals surface area contributed by atoms with Crippen molar-refractivity contribution < 1.29 is 15.0 Å². The minimum Gasteiger partial charge on any atom is -0.507 e. The van der Waals surface area contributed by atoms with E-state index >= 15 is 0 Å². The van der Waals surface area contributed by atoms with Gasteiger partial charge in [0, 0.05) is 25.6 Å². The van der Waals surface area contributed by atoms with E-state index in [9.17, 15) is 15.0 Å². The molecule has 7 nitrogen and oxygen atoms in total. The smallest absolute Gasteiger partial charge is 0.271 e. The minimum absolute atomic E-state index is 0.0525. The highest BCUT2D eigenvalue weighted by Crippen LogP contribution is 2.21. The normalized spacial score (nSPS) is 11.1. The van der Waals surface area contributed by atoms with Crippen LogP contribution in [0.3, 0.4) is 0 Å². The molecular weight excluding hydrogens is 516 g/mol. The summed E-state index contributed by atoms with van der Waals surface area (Å²) < 4.78 is 1.60. The van der Waals surface area contributed by atoms with Gasteiger partial charge in [-0.3, -0.25) is 10.2 Å². The maximum Gasteiger partial charge on any atom is 0.271 e. The first-order chi connectivity index (χ1) is 14.4. The number of anilines is 1. The predicted molar refractivity (Wildman–Crippen MR) is 124 cm³/mol. The van der Waals surface area contributed by atoms with Crippen LogP contribution in [0.15, 0.2) is 79.8 Å². The first-order valence-corrected chi connectivity index (χ1v) is 10.2. The van der Waals surface area contributed by atoms with E-state index in [0.717, 1.165) is 8.95 Å². The highest BCUT2D eigenvalue weighted by atomic mass is 79.9. The fraction of sp³-hybridized carbons (Fsp3) is 0. The standard InChI is InChI=1S/C21H16Br2N4O3/c22-16-4-6-19(28)14(8-16)11-24-26-18-3-1-2-13(10-18)21(30)27-25-12-15-9-17(23)5-7-20(15)29/h1-12,26,28-29H,(H,27,30)/b24-11-,25-12-. The van der Waals surface area contributed by atoms with Crippen molar-refractivity contribution >= 4 is 55.9 Å². The van der Waals surface area contributed by atoms with E-state index in [1.165, 1.54) is 18.5 Å². The first kappa shape index (κ1) is 21.5. The van der Waals surface area contributed by atoms with Crippen LogP contribution >= 0.6 is 31.9 Å². The number of carbonyl (C=O) groups excluding carboxylic acids is 1. The Morgan fingerprint density at radius 1 is 0.833 bits per heavy atom. The summed E-state index contributed by atoms with van der Waals surface area (Å²) in [5.74, 6) is -0.263. The SMILES string of the molecule is O=C(N/N=C\c1cc(Br)ccc1O)c1cccc(N/N=C\c2cc(Br)ccc2O)c1. The van der Waals surface area contributed by atoms with E-state index < -0.39 is 5.91 Å². The summed E-state index contributed by atoms with van der Waals surface area (Å²) in [6.07, 6.45) is 2.83. The summed E-state index contributed by atoms with van der Waals surface area (Å²) in [7, 11) is 0. The molecule has 3 aromatic carbocycles. The number of amides is 1. The number of nitrogens with one attached hydrogen (secondary N) is 2. The van der Waals surface area contributed by atoms with E-state index in [4.69, 9.17) is 0 Å². The summed E-state index contributed by atoms with van der Waals surface area (Å²) in [6, 6.07) is 16.6. The number of carbonyl (C=O) groups is 1. The van der Waals surface area contributed by atoms with Crippen molar-refractivity contribution in [1.29, 1.82) is 0 Å². The molecular formula is C21H16Br2N4O3. The van der Waals surface area contributed by atoms with Crippen molar-refractivity contribution in [3.8, 4) is 11.5 Å². The van der Waals surface area contributed by atoms with Gasteiger partial charge in [-0.15, -0.1) is 0 Å². The van der Waals surface area contributed by atoms with Crippen LogP contribution in [-0.4, -0.2) is 28.5 Å². The van der Waals surface area contributed by atoms with Gasteiger partial charge in [-0.05, 0) is 54.6 Å². The molecule has 152 valence electrons. The van der Waals surface area contributed by atoms with E-state index in [1.54, 1.807) is 54.6 Å². The number of phenolic OH excluding ortho intramolecular Hbond substituents is 2. The Labute approximate surface area is 189 Å². The number of hydrogen-bond acceptors (Lipinski definition) is 6. The van der Waals surface area contributed by atoms with Gasteiger partial charge in [-0.25, -0.2) is 5.43 Å². The number of aromatic hydroxyl groups is 2. The van der Waals surface area contributed by atoms with E-state index in [0.29, 0.717) is 22.4 Å². The molecule has 30 heavy (non-hydrogen) atoms. The number of hydrogen-bond donors (Lipinski definition) is 4. The number of halogens is 2. The monoisotopic (exact) mass is 530 g/mol. The van der Waals surface area contributed by atoms with Gasteiger partial charge in [0.2, 0.25) is 0 Å². The second-order valence-corrected chi connectivity index (χ2v) is 7.89. The number of hydrazone groups is 2. The molecule has 0 aliphatic heterocycles. The molecule has 0 saturated carbocycles. The van der Waals surface area contributed by atoms with E-state index in [-0.39, 0.29) is 11.5 Å². The lowest BCUT2D eigenvalue weighted by molar-refractivity contribution is 0.0955. The van der Waals surface area contributed by atoms with Gasteiger partial charge in [-0.2, -0.15) is 10.2 Å². The zero-order valence-electron chi connectivity index (χ0n) is 15.4. The Bertz CT molecular complexity index is 1130. The molecule has 0 heterocycles. The number of nitrogens with zero attached hydrogens (tertiary/aromatic N) is 2. The molecule has 3 rings (SSSR count). The molecule has 0 bridgehead atoms. The number of rotatable bonds is 6. The molecule has 0 spiro atoms.